The van der Waals surface area contributed by atoms with E-state index in [-0.39, 0.29) is 0 Å². The SMILES string of the molecule is FC(F)(F)C(Cl)=Nc1c(Cl)cccc1C(F)(F)F. The molecule has 0 unspecified atom stereocenters. The third-order valence-corrected chi connectivity index (χ3v) is 2.34. The first-order chi connectivity index (χ1) is 8.03. The molecule has 0 fully saturated rings. The Kier molecular flexibility index (Phi) is 4.17. The normalized spacial score (nSPS) is 13.9. The molecule has 0 saturated heterocycles. The molecule has 0 saturated carbocycles. The van der Waals surface area contributed by atoms with Crippen molar-refractivity contribution in [3.63, 3.8) is 0 Å². The standard InChI is InChI=1S/C9H3Cl2F6N/c10-5-3-1-2-4(8(12,13)14)6(5)18-7(11)9(15,16)17/h1-3H. The molecule has 0 aliphatic heterocycles. The minimum Gasteiger partial charge on any atom is -0.230 e. The van der Waals surface area contributed by atoms with Crippen LogP contribution in [0.2, 0.25) is 5.02 Å². The zero-order valence-electron chi connectivity index (χ0n) is 8.20. The number of alkyl halides is 6. The molecule has 0 aromatic heterocycles. The van der Waals surface area contributed by atoms with E-state index in [1.54, 1.807) is 0 Å². The molecule has 1 aromatic rings. The van der Waals surface area contributed by atoms with Crippen LogP contribution in [0.5, 0.6) is 0 Å². The van der Waals surface area contributed by atoms with Crippen LogP contribution >= 0.6 is 23.2 Å². The van der Waals surface area contributed by atoms with E-state index in [4.69, 9.17) is 23.2 Å². The first kappa shape index (κ1) is 15.1. The molecule has 1 rings (SSSR count). The van der Waals surface area contributed by atoms with E-state index in [2.05, 4.69) is 4.99 Å². The number of halogens is 8. The molecule has 0 N–H and O–H groups in total. The van der Waals surface area contributed by atoms with E-state index in [1.807, 2.05) is 0 Å². The maximum absolute atomic E-state index is 12.5. The van der Waals surface area contributed by atoms with E-state index in [0.717, 1.165) is 12.1 Å². The largest absolute Gasteiger partial charge is 0.444 e. The fourth-order valence-corrected chi connectivity index (χ4v) is 1.32. The van der Waals surface area contributed by atoms with Crippen LogP contribution in [0.25, 0.3) is 0 Å². The quantitative estimate of drug-likeness (QED) is 0.500. The van der Waals surface area contributed by atoms with Gasteiger partial charge in [-0.05, 0) is 12.1 Å². The Bertz CT molecular complexity index is 477. The molecule has 0 aliphatic carbocycles. The van der Waals surface area contributed by atoms with Crippen LogP contribution in [-0.4, -0.2) is 11.3 Å². The minimum absolute atomic E-state index is 0.561. The molecule has 100 valence electrons. The van der Waals surface area contributed by atoms with Crippen molar-refractivity contribution in [2.45, 2.75) is 12.4 Å². The van der Waals surface area contributed by atoms with Crippen LogP contribution in [0.4, 0.5) is 32.0 Å². The van der Waals surface area contributed by atoms with Gasteiger partial charge < -0.3 is 0 Å². The Hall–Kier alpha value is -0.950. The fraction of sp³-hybridized carbons (Fsp3) is 0.222. The highest BCUT2D eigenvalue weighted by atomic mass is 35.5. The smallest absolute Gasteiger partial charge is 0.230 e. The number of rotatable bonds is 1. The molecule has 0 aliphatic rings. The number of hydrogen-bond donors (Lipinski definition) is 0. The topological polar surface area (TPSA) is 12.4 Å². The van der Waals surface area contributed by atoms with E-state index in [0.29, 0.717) is 6.07 Å². The molecular formula is C9H3Cl2F6N. The summed E-state index contributed by atoms with van der Waals surface area (Å²) in [5.74, 6) is 0. The molecule has 1 nitrogen and oxygen atoms in total. The van der Waals surface area contributed by atoms with Crippen molar-refractivity contribution in [3.8, 4) is 0 Å². The maximum atomic E-state index is 12.5. The van der Waals surface area contributed by atoms with Crippen LogP contribution in [0.3, 0.4) is 0 Å². The van der Waals surface area contributed by atoms with Gasteiger partial charge in [0.05, 0.1) is 16.3 Å². The highest BCUT2D eigenvalue weighted by molar-refractivity contribution is 6.67. The van der Waals surface area contributed by atoms with Crippen molar-refractivity contribution < 1.29 is 26.3 Å². The zero-order valence-corrected chi connectivity index (χ0v) is 9.71. The second-order valence-corrected chi connectivity index (χ2v) is 3.80. The minimum atomic E-state index is -5.04. The Labute approximate surface area is 107 Å². The molecular weight excluding hydrogens is 307 g/mol. The van der Waals surface area contributed by atoms with Gasteiger partial charge in [0.15, 0.2) is 0 Å². The molecule has 18 heavy (non-hydrogen) atoms. The Balaban J connectivity index is 3.42. The van der Waals surface area contributed by atoms with Crippen molar-refractivity contribution in [1.82, 2.24) is 0 Å². The lowest BCUT2D eigenvalue weighted by Gasteiger charge is -2.12. The van der Waals surface area contributed by atoms with Gasteiger partial charge in [-0.15, -0.1) is 0 Å². The third-order valence-electron chi connectivity index (χ3n) is 1.74. The van der Waals surface area contributed by atoms with Gasteiger partial charge in [-0.1, -0.05) is 29.3 Å². The lowest BCUT2D eigenvalue weighted by atomic mass is 10.2. The molecule has 9 heteroatoms. The van der Waals surface area contributed by atoms with Crippen LogP contribution in [-0.2, 0) is 6.18 Å². The number of benzene rings is 1. The van der Waals surface area contributed by atoms with Gasteiger partial charge in [0, 0.05) is 0 Å². The van der Waals surface area contributed by atoms with Crippen LogP contribution in [0.1, 0.15) is 5.56 Å². The number of nitrogens with zero attached hydrogens (tertiary/aromatic N) is 1. The second-order valence-electron chi connectivity index (χ2n) is 3.03. The van der Waals surface area contributed by atoms with Gasteiger partial charge in [0.1, 0.15) is 0 Å². The highest BCUT2D eigenvalue weighted by Gasteiger charge is 2.38. The Morgan fingerprint density at radius 3 is 2.06 bits per heavy atom. The molecule has 0 atom stereocenters. The van der Waals surface area contributed by atoms with Gasteiger partial charge in [-0.25, -0.2) is 4.99 Å². The van der Waals surface area contributed by atoms with Crippen LogP contribution < -0.4 is 0 Å². The highest BCUT2D eigenvalue weighted by Crippen LogP contribution is 2.41. The van der Waals surface area contributed by atoms with Gasteiger partial charge >= 0.3 is 12.4 Å². The lowest BCUT2D eigenvalue weighted by molar-refractivity contribution is -0.137. The van der Waals surface area contributed by atoms with Gasteiger partial charge in [0.2, 0.25) is 5.17 Å². The predicted molar refractivity (Wildman–Crippen MR) is 55.5 cm³/mol. The summed E-state index contributed by atoms with van der Waals surface area (Å²) in [6, 6.07) is 2.49. The molecule has 0 amide bonds. The predicted octanol–water partition coefficient (Wildman–Crippen LogP) is 5.19. The summed E-state index contributed by atoms with van der Waals surface area (Å²) in [6.07, 6.45) is -9.92. The lowest BCUT2D eigenvalue weighted by Crippen LogP contribution is -2.17. The summed E-state index contributed by atoms with van der Waals surface area (Å²) in [5, 5.41) is -2.51. The summed E-state index contributed by atoms with van der Waals surface area (Å²) in [5.41, 5.74) is -2.45. The van der Waals surface area contributed by atoms with Gasteiger partial charge in [-0.2, -0.15) is 26.3 Å². The van der Waals surface area contributed by atoms with Crippen molar-refractivity contribution in [2.24, 2.45) is 4.99 Å². The second kappa shape index (κ2) is 4.97. The Morgan fingerprint density at radius 1 is 1.06 bits per heavy atom. The molecule has 1 aromatic carbocycles. The summed E-state index contributed by atoms with van der Waals surface area (Å²) in [7, 11) is 0. The first-order valence-corrected chi connectivity index (χ1v) is 4.96. The van der Waals surface area contributed by atoms with Crippen molar-refractivity contribution >= 4 is 34.1 Å². The van der Waals surface area contributed by atoms with E-state index in [1.165, 1.54) is 0 Å². The van der Waals surface area contributed by atoms with E-state index < -0.39 is 33.8 Å². The average Bonchev–Trinajstić information content (AvgIpc) is 2.17. The first-order valence-electron chi connectivity index (χ1n) is 4.20. The van der Waals surface area contributed by atoms with E-state index >= 15 is 0 Å². The van der Waals surface area contributed by atoms with Crippen molar-refractivity contribution in [1.29, 1.82) is 0 Å². The molecule has 0 radical (unpaired) electrons. The summed E-state index contributed by atoms with van der Waals surface area (Å²) in [6.45, 7) is 0. The average molecular weight is 310 g/mol. The van der Waals surface area contributed by atoms with Crippen LogP contribution in [0, 0.1) is 0 Å². The summed E-state index contributed by atoms with van der Waals surface area (Å²) < 4.78 is 73.9. The van der Waals surface area contributed by atoms with E-state index in [9.17, 15) is 26.3 Å². The van der Waals surface area contributed by atoms with Gasteiger partial charge in [-0.3, -0.25) is 0 Å². The summed E-state index contributed by atoms with van der Waals surface area (Å²) in [4.78, 5) is 2.70. The molecule has 0 bridgehead atoms. The van der Waals surface area contributed by atoms with Crippen molar-refractivity contribution in [3.05, 3.63) is 28.8 Å². The zero-order chi connectivity index (χ0) is 14.1. The molecule has 0 spiro atoms. The monoisotopic (exact) mass is 309 g/mol. The Morgan fingerprint density at radius 2 is 1.61 bits per heavy atom. The fourth-order valence-electron chi connectivity index (χ4n) is 1.02. The number of aliphatic imine (C=N–C) groups is 1. The van der Waals surface area contributed by atoms with Crippen LogP contribution in [0.15, 0.2) is 23.2 Å². The number of hydrogen-bond acceptors (Lipinski definition) is 1. The molecule has 0 heterocycles. The third kappa shape index (κ3) is 3.52. The number of para-hydroxylation sites is 1. The van der Waals surface area contributed by atoms with Gasteiger partial charge in [0.25, 0.3) is 0 Å². The maximum Gasteiger partial charge on any atom is 0.444 e. The van der Waals surface area contributed by atoms with Crippen molar-refractivity contribution in [2.75, 3.05) is 0 Å². The summed E-state index contributed by atoms with van der Waals surface area (Å²) >= 11 is 10.2.